The number of aromatic nitrogens is 3. The molecule has 24 heavy (non-hydrogen) atoms. The van der Waals surface area contributed by atoms with Crippen LogP contribution < -0.4 is 0 Å². The second-order valence-electron chi connectivity index (χ2n) is 6.74. The van der Waals surface area contributed by atoms with Gasteiger partial charge in [0.15, 0.2) is 0 Å². The molecule has 0 aliphatic carbocycles. The Kier molecular flexibility index (Phi) is 4.86. The van der Waals surface area contributed by atoms with Gasteiger partial charge in [0.25, 0.3) is 0 Å². The van der Waals surface area contributed by atoms with Crippen LogP contribution in [0.1, 0.15) is 31.0 Å². The first-order valence-electron chi connectivity index (χ1n) is 8.42. The molecular weight excluding hydrogens is 298 g/mol. The van der Waals surface area contributed by atoms with Crippen LogP contribution in [0.15, 0.2) is 55.1 Å². The summed E-state index contributed by atoms with van der Waals surface area (Å²) in [7, 11) is 1.93. The van der Waals surface area contributed by atoms with E-state index in [1.807, 2.05) is 24.1 Å². The molecule has 2 heterocycles. The molecule has 1 atom stereocenters. The van der Waals surface area contributed by atoms with Gasteiger partial charge >= 0.3 is 0 Å². The minimum absolute atomic E-state index is 0.145. The molecule has 0 saturated carbocycles. The molecule has 3 rings (SSSR count). The van der Waals surface area contributed by atoms with Gasteiger partial charge in [0.2, 0.25) is 0 Å². The fourth-order valence-corrected chi connectivity index (χ4v) is 3.04. The maximum absolute atomic E-state index is 9.56. The summed E-state index contributed by atoms with van der Waals surface area (Å²) in [5.74, 6) is 0.411. The third-order valence-corrected chi connectivity index (χ3v) is 4.52. The van der Waals surface area contributed by atoms with Crippen molar-refractivity contribution in [2.75, 3.05) is 6.61 Å². The van der Waals surface area contributed by atoms with Crippen molar-refractivity contribution in [1.29, 1.82) is 0 Å². The van der Waals surface area contributed by atoms with E-state index in [9.17, 15) is 5.11 Å². The second-order valence-corrected chi connectivity index (χ2v) is 6.74. The molecular formula is C20H25N3O. The molecule has 1 N–H and O–H groups in total. The lowest BCUT2D eigenvalue weighted by Crippen LogP contribution is -2.17. The molecule has 0 amide bonds. The standard InChI is InChI=1S/C20H25N3O/c1-15(2)20(14-24)23-9-8-17(12-23)10-16-4-6-18(7-5-16)19-11-21-22(3)13-19/h4-9,11-13,15,20,24H,10,14H2,1-3H3. The Hall–Kier alpha value is -2.33. The SMILES string of the molecule is CC(C)C(CO)n1ccc(Cc2ccc(-c3cnn(C)c3)cc2)c1. The molecule has 0 fully saturated rings. The predicted octanol–water partition coefficient (Wildman–Crippen LogP) is 3.67. The van der Waals surface area contributed by atoms with Crippen LogP contribution in [-0.2, 0) is 13.5 Å². The Morgan fingerprint density at radius 3 is 2.33 bits per heavy atom. The van der Waals surface area contributed by atoms with E-state index in [2.05, 4.69) is 66.2 Å². The van der Waals surface area contributed by atoms with Gasteiger partial charge in [-0.15, -0.1) is 0 Å². The van der Waals surface area contributed by atoms with E-state index in [1.165, 1.54) is 16.7 Å². The fourth-order valence-electron chi connectivity index (χ4n) is 3.04. The van der Waals surface area contributed by atoms with E-state index in [4.69, 9.17) is 0 Å². The molecule has 1 unspecified atom stereocenters. The van der Waals surface area contributed by atoms with Crippen molar-refractivity contribution < 1.29 is 5.11 Å². The summed E-state index contributed by atoms with van der Waals surface area (Å²) in [5.41, 5.74) is 4.87. The largest absolute Gasteiger partial charge is 0.394 e. The Morgan fingerprint density at radius 1 is 1.00 bits per heavy atom. The maximum Gasteiger partial charge on any atom is 0.0641 e. The van der Waals surface area contributed by atoms with Gasteiger partial charge in [-0.3, -0.25) is 4.68 Å². The van der Waals surface area contributed by atoms with Gasteiger partial charge in [0, 0.05) is 31.2 Å². The van der Waals surface area contributed by atoms with Crippen LogP contribution in [0, 0.1) is 5.92 Å². The molecule has 1 aromatic carbocycles. The Morgan fingerprint density at radius 2 is 1.75 bits per heavy atom. The minimum Gasteiger partial charge on any atom is -0.394 e. The summed E-state index contributed by atoms with van der Waals surface area (Å²) in [6, 6.07) is 10.9. The van der Waals surface area contributed by atoms with Crippen molar-refractivity contribution in [3.05, 3.63) is 66.2 Å². The number of aryl methyl sites for hydroxylation is 1. The average molecular weight is 323 g/mol. The van der Waals surface area contributed by atoms with Crippen LogP contribution in [0.25, 0.3) is 11.1 Å². The van der Waals surface area contributed by atoms with Crippen molar-refractivity contribution in [3.63, 3.8) is 0 Å². The van der Waals surface area contributed by atoms with Crippen LogP contribution in [0.3, 0.4) is 0 Å². The van der Waals surface area contributed by atoms with Gasteiger partial charge < -0.3 is 9.67 Å². The lowest BCUT2D eigenvalue weighted by Gasteiger charge is -2.20. The number of rotatable bonds is 6. The van der Waals surface area contributed by atoms with Crippen LogP contribution in [0.4, 0.5) is 0 Å². The van der Waals surface area contributed by atoms with Crippen molar-refractivity contribution in [3.8, 4) is 11.1 Å². The van der Waals surface area contributed by atoms with Crippen molar-refractivity contribution in [1.82, 2.24) is 14.3 Å². The van der Waals surface area contributed by atoms with Crippen molar-refractivity contribution >= 4 is 0 Å². The molecule has 0 radical (unpaired) electrons. The minimum atomic E-state index is 0.145. The van der Waals surface area contributed by atoms with Crippen molar-refractivity contribution in [2.45, 2.75) is 26.3 Å². The topological polar surface area (TPSA) is 43.0 Å². The van der Waals surface area contributed by atoms with E-state index >= 15 is 0 Å². The molecule has 0 bridgehead atoms. The monoisotopic (exact) mass is 323 g/mol. The van der Waals surface area contributed by atoms with Gasteiger partial charge in [-0.2, -0.15) is 5.10 Å². The molecule has 0 aliphatic heterocycles. The predicted molar refractivity (Wildman–Crippen MR) is 96.8 cm³/mol. The second kappa shape index (κ2) is 7.05. The third kappa shape index (κ3) is 3.60. The summed E-state index contributed by atoms with van der Waals surface area (Å²) in [6.45, 7) is 4.45. The van der Waals surface area contributed by atoms with Gasteiger partial charge in [0.05, 0.1) is 18.8 Å². The number of nitrogens with zero attached hydrogens (tertiary/aromatic N) is 3. The van der Waals surface area contributed by atoms with E-state index < -0.39 is 0 Å². The summed E-state index contributed by atoms with van der Waals surface area (Å²) in [6.07, 6.45) is 9.03. The van der Waals surface area contributed by atoms with E-state index in [0.717, 1.165) is 12.0 Å². The maximum atomic E-state index is 9.56. The van der Waals surface area contributed by atoms with Crippen LogP contribution in [-0.4, -0.2) is 26.1 Å². The van der Waals surface area contributed by atoms with Gasteiger partial charge in [-0.1, -0.05) is 38.1 Å². The molecule has 3 aromatic rings. The molecule has 126 valence electrons. The normalized spacial score (nSPS) is 12.7. The number of hydrogen-bond acceptors (Lipinski definition) is 2. The number of benzene rings is 1. The third-order valence-electron chi connectivity index (χ3n) is 4.52. The van der Waals surface area contributed by atoms with Crippen molar-refractivity contribution in [2.24, 2.45) is 13.0 Å². The smallest absolute Gasteiger partial charge is 0.0641 e. The fraction of sp³-hybridized carbons (Fsp3) is 0.350. The first kappa shape index (κ1) is 16.5. The zero-order chi connectivity index (χ0) is 17.1. The van der Waals surface area contributed by atoms with E-state index in [0.29, 0.717) is 5.92 Å². The molecule has 4 nitrogen and oxygen atoms in total. The summed E-state index contributed by atoms with van der Waals surface area (Å²) in [5, 5.41) is 13.8. The molecule has 0 aliphatic rings. The molecule has 2 aromatic heterocycles. The van der Waals surface area contributed by atoms with Crippen LogP contribution in [0.5, 0.6) is 0 Å². The van der Waals surface area contributed by atoms with E-state index in [1.54, 1.807) is 0 Å². The highest BCUT2D eigenvalue weighted by Crippen LogP contribution is 2.22. The molecule has 0 spiro atoms. The highest BCUT2D eigenvalue weighted by atomic mass is 16.3. The average Bonchev–Trinajstić information content (AvgIpc) is 3.18. The first-order chi connectivity index (χ1) is 11.6. The zero-order valence-electron chi connectivity index (χ0n) is 14.6. The first-order valence-corrected chi connectivity index (χ1v) is 8.42. The summed E-state index contributed by atoms with van der Waals surface area (Å²) < 4.78 is 3.95. The number of aliphatic hydroxyl groups excluding tert-OH is 1. The van der Waals surface area contributed by atoms with Gasteiger partial charge in [0.1, 0.15) is 0 Å². The highest BCUT2D eigenvalue weighted by Gasteiger charge is 2.14. The highest BCUT2D eigenvalue weighted by molar-refractivity contribution is 5.62. The quantitative estimate of drug-likeness (QED) is 0.752. The molecule has 4 heteroatoms. The Labute approximate surface area is 143 Å². The number of hydrogen-bond donors (Lipinski definition) is 1. The summed E-state index contributed by atoms with van der Waals surface area (Å²) in [4.78, 5) is 0. The van der Waals surface area contributed by atoms with Gasteiger partial charge in [-0.25, -0.2) is 0 Å². The van der Waals surface area contributed by atoms with Crippen LogP contribution in [0.2, 0.25) is 0 Å². The van der Waals surface area contributed by atoms with Crippen LogP contribution >= 0.6 is 0 Å². The van der Waals surface area contributed by atoms with E-state index in [-0.39, 0.29) is 12.6 Å². The summed E-state index contributed by atoms with van der Waals surface area (Å²) >= 11 is 0. The number of aliphatic hydroxyl groups is 1. The Balaban J connectivity index is 1.71. The zero-order valence-corrected chi connectivity index (χ0v) is 14.6. The lowest BCUT2D eigenvalue weighted by atomic mass is 10.0. The molecule has 0 saturated heterocycles. The lowest BCUT2D eigenvalue weighted by molar-refractivity contribution is 0.193. The van der Waals surface area contributed by atoms with Gasteiger partial charge in [-0.05, 0) is 35.1 Å². The Bertz CT molecular complexity index is 783.